The number of H-pyrrole nitrogens is 1. The topological polar surface area (TPSA) is 105 Å². The Labute approximate surface area is 191 Å². The predicted molar refractivity (Wildman–Crippen MR) is 127 cm³/mol. The molecule has 5 rings (SSSR count). The highest BCUT2D eigenvalue weighted by Gasteiger charge is 2.27. The summed E-state index contributed by atoms with van der Waals surface area (Å²) < 4.78 is 29.2. The zero-order valence-corrected chi connectivity index (χ0v) is 19.4. The molecule has 170 valence electrons. The van der Waals surface area contributed by atoms with E-state index in [4.69, 9.17) is 10.5 Å². The van der Waals surface area contributed by atoms with E-state index in [2.05, 4.69) is 28.1 Å². The lowest BCUT2D eigenvalue weighted by Crippen LogP contribution is -2.35. The van der Waals surface area contributed by atoms with Gasteiger partial charge in [0.05, 0.1) is 35.8 Å². The van der Waals surface area contributed by atoms with Gasteiger partial charge in [0.25, 0.3) is 5.91 Å². The zero-order chi connectivity index (χ0) is 22.3. The second kappa shape index (κ2) is 8.62. The molecule has 2 aliphatic heterocycles. The van der Waals surface area contributed by atoms with Gasteiger partial charge in [0, 0.05) is 41.0 Å². The van der Waals surface area contributed by atoms with Crippen molar-refractivity contribution in [3.63, 3.8) is 0 Å². The second-order valence-corrected chi connectivity index (χ2v) is 12.1. The highest BCUT2D eigenvalue weighted by Crippen LogP contribution is 2.38. The fourth-order valence-electron chi connectivity index (χ4n) is 4.73. The van der Waals surface area contributed by atoms with Crippen molar-refractivity contribution in [2.75, 3.05) is 37.8 Å². The Bertz CT molecular complexity index is 1240. The van der Waals surface area contributed by atoms with Gasteiger partial charge in [-0.05, 0) is 54.2 Å². The van der Waals surface area contributed by atoms with Crippen molar-refractivity contribution in [1.82, 2.24) is 9.88 Å². The van der Waals surface area contributed by atoms with E-state index in [1.54, 1.807) is 11.3 Å². The number of carbonyl (C=O) groups excluding carboxylic acids is 1. The number of ether oxygens (including phenoxy) is 1. The Morgan fingerprint density at radius 3 is 2.66 bits per heavy atom. The average Bonchev–Trinajstić information content (AvgIpc) is 3.41. The van der Waals surface area contributed by atoms with Crippen molar-refractivity contribution in [3.05, 3.63) is 46.5 Å². The minimum Gasteiger partial charge on any atom is -0.379 e. The van der Waals surface area contributed by atoms with E-state index in [-0.39, 0.29) is 17.4 Å². The van der Waals surface area contributed by atoms with Crippen molar-refractivity contribution in [2.24, 2.45) is 5.73 Å². The first-order valence-corrected chi connectivity index (χ1v) is 13.6. The third-order valence-corrected chi connectivity index (χ3v) is 9.35. The third kappa shape index (κ3) is 4.34. The molecule has 0 atom stereocenters. The number of thiophene rings is 1. The van der Waals surface area contributed by atoms with Gasteiger partial charge < -0.3 is 15.5 Å². The molecule has 0 aliphatic carbocycles. The molecule has 3 N–H and O–H groups in total. The Morgan fingerprint density at radius 1 is 1.19 bits per heavy atom. The SMILES string of the molecule is NC(=O)c1cc(-c2ccc(CN3CCOCC3)s2)cc2c(C3CCS(=O)(=O)CC3)c[nH]c12. The molecule has 7 nitrogen and oxygen atoms in total. The molecule has 0 spiro atoms. The summed E-state index contributed by atoms with van der Waals surface area (Å²) in [7, 11) is -2.94. The molecule has 0 bridgehead atoms. The van der Waals surface area contributed by atoms with Crippen LogP contribution in [0.2, 0.25) is 0 Å². The molecule has 2 fully saturated rings. The first-order chi connectivity index (χ1) is 15.4. The van der Waals surface area contributed by atoms with Crippen LogP contribution in [0.5, 0.6) is 0 Å². The molecular weight excluding hydrogens is 446 g/mol. The third-order valence-electron chi connectivity index (χ3n) is 6.51. The number of sulfone groups is 1. The quantitative estimate of drug-likeness (QED) is 0.592. The Balaban J connectivity index is 1.49. The standard InChI is InChI=1S/C23H27N3O4S2/c24-23(27)19-12-16(21-2-1-17(31-21)14-26-5-7-30-8-6-26)11-18-20(13-25-22(18)19)15-3-9-32(28,29)10-4-15/h1-2,11-13,15,25H,3-10,14H2,(H2,24,27). The number of amides is 1. The monoisotopic (exact) mass is 473 g/mol. The number of hydrogen-bond acceptors (Lipinski definition) is 6. The van der Waals surface area contributed by atoms with Crippen LogP contribution >= 0.6 is 11.3 Å². The molecular formula is C23H27N3O4S2. The van der Waals surface area contributed by atoms with Crippen molar-refractivity contribution in [2.45, 2.75) is 25.3 Å². The van der Waals surface area contributed by atoms with E-state index in [0.29, 0.717) is 18.4 Å². The summed E-state index contributed by atoms with van der Waals surface area (Å²) in [5, 5.41) is 0.962. The molecule has 1 aromatic carbocycles. The maximum atomic E-state index is 12.2. The summed E-state index contributed by atoms with van der Waals surface area (Å²) in [5.41, 5.74) is 8.96. The van der Waals surface area contributed by atoms with Gasteiger partial charge in [0.1, 0.15) is 9.84 Å². The summed E-state index contributed by atoms with van der Waals surface area (Å²) in [5.74, 6) is 0.107. The molecule has 0 unspecified atom stereocenters. The number of nitrogens with two attached hydrogens (primary N) is 1. The molecule has 4 heterocycles. The maximum Gasteiger partial charge on any atom is 0.250 e. The predicted octanol–water partition coefficient (Wildman–Crippen LogP) is 3.12. The Kier molecular flexibility index (Phi) is 5.83. The second-order valence-electron chi connectivity index (χ2n) is 8.64. The van der Waals surface area contributed by atoms with Crippen molar-refractivity contribution in [1.29, 1.82) is 0 Å². The number of morpholine rings is 1. The van der Waals surface area contributed by atoms with Gasteiger partial charge in [0.15, 0.2) is 0 Å². The van der Waals surface area contributed by atoms with Crippen molar-refractivity contribution < 1.29 is 17.9 Å². The van der Waals surface area contributed by atoms with Gasteiger partial charge in [-0.15, -0.1) is 11.3 Å². The van der Waals surface area contributed by atoms with Crippen LogP contribution in [-0.4, -0.2) is 62.0 Å². The van der Waals surface area contributed by atoms with Crippen LogP contribution < -0.4 is 5.73 Å². The Morgan fingerprint density at radius 2 is 1.94 bits per heavy atom. The number of benzene rings is 1. The summed E-state index contributed by atoms with van der Waals surface area (Å²) in [6.45, 7) is 4.32. The summed E-state index contributed by atoms with van der Waals surface area (Å²) in [4.78, 5) is 20.2. The van der Waals surface area contributed by atoms with Crippen LogP contribution in [0.25, 0.3) is 21.3 Å². The fraction of sp³-hybridized carbons (Fsp3) is 0.435. The minimum absolute atomic E-state index is 0.156. The van der Waals surface area contributed by atoms with Crippen molar-refractivity contribution >= 4 is 38.0 Å². The zero-order valence-electron chi connectivity index (χ0n) is 17.8. The Hall–Kier alpha value is -2.20. The van der Waals surface area contributed by atoms with E-state index < -0.39 is 15.7 Å². The van der Waals surface area contributed by atoms with Crippen LogP contribution in [-0.2, 0) is 21.1 Å². The molecule has 2 saturated heterocycles. The number of aromatic amines is 1. The fourth-order valence-corrected chi connectivity index (χ4v) is 7.25. The van der Waals surface area contributed by atoms with Gasteiger partial charge in [-0.25, -0.2) is 8.42 Å². The summed E-state index contributed by atoms with van der Waals surface area (Å²) in [6, 6.07) is 8.22. The number of carbonyl (C=O) groups is 1. The molecule has 32 heavy (non-hydrogen) atoms. The lowest BCUT2D eigenvalue weighted by Gasteiger charge is -2.25. The first-order valence-electron chi connectivity index (χ1n) is 10.9. The molecule has 9 heteroatoms. The first kappa shape index (κ1) is 21.6. The molecule has 1 amide bonds. The normalized spacial score (nSPS) is 20.0. The number of primary amides is 1. The van der Waals surface area contributed by atoms with E-state index in [1.165, 1.54) is 4.88 Å². The van der Waals surface area contributed by atoms with E-state index in [0.717, 1.165) is 59.8 Å². The molecule has 2 aliphatic rings. The summed E-state index contributed by atoms with van der Waals surface area (Å²) in [6.07, 6.45) is 3.13. The number of rotatable bonds is 5. The van der Waals surface area contributed by atoms with Crippen molar-refractivity contribution in [3.8, 4) is 10.4 Å². The minimum atomic E-state index is -2.94. The highest BCUT2D eigenvalue weighted by atomic mass is 32.2. The number of nitrogens with one attached hydrogen (secondary N) is 1. The van der Waals surface area contributed by atoms with E-state index in [9.17, 15) is 13.2 Å². The van der Waals surface area contributed by atoms with Crippen LogP contribution in [0.4, 0.5) is 0 Å². The summed E-state index contributed by atoms with van der Waals surface area (Å²) >= 11 is 1.73. The number of aromatic nitrogens is 1. The number of fused-ring (bicyclic) bond motifs is 1. The van der Waals surface area contributed by atoms with E-state index >= 15 is 0 Å². The van der Waals surface area contributed by atoms with Crippen LogP contribution in [0.15, 0.2) is 30.5 Å². The average molecular weight is 474 g/mol. The van der Waals surface area contributed by atoms with Gasteiger partial charge in [0.2, 0.25) is 0 Å². The number of nitrogens with zero attached hydrogens (tertiary/aromatic N) is 1. The molecule has 2 aromatic heterocycles. The highest BCUT2D eigenvalue weighted by molar-refractivity contribution is 7.91. The smallest absolute Gasteiger partial charge is 0.250 e. The maximum absolute atomic E-state index is 12.2. The largest absolute Gasteiger partial charge is 0.379 e. The van der Waals surface area contributed by atoms with Crippen LogP contribution in [0.3, 0.4) is 0 Å². The lowest BCUT2D eigenvalue weighted by molar-refractivity contribution is 0.0346. The van der Waals surface area contributed by atoms with Crippen LogP contribution in [0, 0.1) is 0 Å². The lowest BCUT2D eigenvalue weighted by atomic mass is 9.91. The van der Waals surface area contributed by atoms with Gasteiger partial charge in [-0.2, -0.15) is 0 Å². The van der Waals surface area contributed by atoms with Crippen LogP contribution in [0.1, 0.15) is 39.6 Å². The van der Waals surface area contributed by atoms with E-state index in [1.807, 2.05) is 12.3 Å². The molecule has 3 aromatic rings. The molecule has 0 saturated carbocycles. The molecule has 0 radical (unpaired) electrons. The van der Waals surface area contributed by atoms with Gasteiger partial charge >= 0.3 is 0 Å². The van der Waals surface area contributed by atoms with Gasteiger partial charge in [-0.3, -0.25) is 9.69 Å². The van der Waals surface area contributed by atoms with Gasteiger partial charge in [-0.1, -0.05) is 0 Å². The number of hydrogen-bond donors (Lipinski definition) is 2.